The Bertz CT molecular complexity index is 736. The van der Waals surface area contributed by atoms with E-state index in [2.05, 4.69) is 10.6 Å². The Balaban J connectivity index is 1.84. The van der Waals surface area contributed by atoms with Gasteiger partial charge in [0.05, 0.1) is 12.8 Å². The molecule has 0 bridgehead atoms. The van der Waals surface area contributed by atoms with Crippen LogP contribution in [-0.2, 0) is 14.4 Å². The standard InChI is InChI=1S/C19H29F3N4O4/c1-17(2,8-27)13(25-16(30)19(20,21)22)15(29)26-7-9-11(18(9,3)4)12(26)14(28)24-10-5-6-23-10/h9-13,23,27H,5-8H2,1-4H3,(H,24,28)(H,25,30)/t9-,10?,11-,12-,13+/m0/s1. The van der Waals surface area contributed by atoms with E-state index in [9.17, 15) is 32.7 Å². The zero-order chi connectivity index (χ0) is 22.6. The minimum absolute atomic E-state index is 0.0442. The number of likely N-dealkylation sites (tertiary alicyclic amines) is 1. The second-order valence-corrected chi connectivity index (χ2v) is 9.74. The molecule has 2 aliphatic heterocycles. The Morgan fingerprint density at radius 2 is 1.87 bits per heavy atom. The lowest BCUT2D eigenvalue weighted by molar-refractivity contribution is -0.176. The summed E-state index contributed by atoms with van der Waals surface area (Å²) in [5.41, 5.74) is -1.53. The number of aliphatic hydroxyl groups is 1. The van der Waals surface area contributed by atoms with Crippen molar-refractivity contribution in [3.8, 4) is 0 Å². The first-order valence-corrected chi connectivity index (χ1v) is 10.0. The van der Waals surface area contributed by atoms with Crippen LogP contribution < -0.4 is 16.0 Å². The Morgan fingerprint density at radius 1 is 1.27 bits per heavy atom. The summed E-state index contributed by atoms with van der Waals surface area (Å²) in [5, 5.41) is 17.3. The Labute approximate surface area is 172 Å². The van der Waals surface area contributed by atoms with Gasteiger partial charge in [0.1, 0.15) is 12.1 Å². The summed E-state index contributed by atoms with van der Waals surface area (Å²) in [4.78, 5) is 39.1. The first-order chi connectivity index (χ1) is 13.7. The number of halogens is 3. The van der Waals surface area contributed by atoms with Gasteiger partial charge in [0.2, 0.25) is 11.8 Å². The van der Waals surface area contributed by atoms with Crippen molar-refractivity contribution >= 4 is 17.7 Å². The lowest BCUT2D eigenvalue weighted by atomic mass is 9.83. The van der Waals surface area contributed by atoms with Crippen LogP contribution in [0.25, 0.3) is 0 Å². The molecule has 3 amide bonds. The molecule has 0 radical (unpaired) electrons. The fraction of sp³-hybridized carbons (Fsp3) is 0.842. The highest BCUT2D eigenvalue weighted by Gasteiger charge is 2.70. The van der Waals surface area contributed by atoms with E-state index < -0.39 is 42.1 Å². The van der Waals surface area contributed by atoms with Crippen molar-refractivity contribution in [2.24, 2.45) is 22.7 Å². The second kappa shape index (κ2) is 7.37. The highest BCUT2D eigenvalue weighted by molar-refractivity contribution is 5.95. The van der Waals surface area contributed by atoms with Gasteiger partial charge < -0.3 is 20.6 Å². The second-order valence-electron chi connectivity index (χ2n) is 9.74. The van der Waals surface area contributed by atoms with Gasteiger partial charge in [-0.3, -0.25) is 19.7 Å². The van der Waals surface area contributed by atoms with Crippen LogP contribution in [-0.4, -0.2) is 71.9 Å². The molecule has 2 saturated heterocycles. The van der Waals surface area contributed by atoms with Gasteiger partial charge in [-0.05, 0) is 23.7 Å². The molecular formula is C19H29F3N4O4. The third-order valence-corrected chi connectivity index (χ3v) is 6.87. The highest BCUT2D eigenvalue weighted by atomic mass is 19.4. The summed E-state index contributed by atoms with van der Waals surface area (Å²) in [5.74, 6) is -3.48. The number of hydrogen-bond acceptors (Lipinski definition) is 5. The first kappa shape index (κ1) is 22.8. The number of nitrogens with zero attached hydrogens (tertiary/aromatic N) is 1. The quantitative estimate of drug-likeness (QED) is 0.469. The molecule has 2 heterocycles. The average molecular weight is 434 g/mol. The molecule has 8 nitrogen and oxygen atoms in total. The van der Waals surface area contributed by atoms with E-state index in [1.54, 1.807) is 5.32 Å². The summed E-state index contributed by atoms with van der Waals surface area (Å²) in [6, 6.07) is -2.46. The lowest BCUT2D eigenvalue weighted by Gasteiger charge is -2.39. The van der Waals surface area contributed by atoms with E-state index in [1.807, 2.05) is 13.8 Å². The summed E-state index contributed by atoms with van der Waals surface area (Å²) in [7, 11) is 0. The Hall–Kier alpha value is -1.88. The van der Waals surface area contributed by atoms with Gasteiger partial charge in [-0.2, -0.15) is 13.2 Å². The smallest absolute Gasteiger partial charge is 0.396 e. The molecule has 1 saturated carbocycles. The molecule has 1 aliphatic carbocycles. The summed E-state index contributed by atoms with van der Waals surface area (Å²) in [6.45, 7) is 7.12. The third-order valence-electron chi connectivity index (χ3n) is 6.87. The van der Waals surface area contributed by atoms with Crippen molar-refractivity contribution in [2.45, 2.75) is 58.5 Å². The number of rotatable bonds is 6. The normalized spacial score (nSPS) is 30.7. The van der Waals surface area contributed by atoms with E-state index in [0.717, 1.165) is 13.0 Å². The number of amides is 3. The van der Waals surface area contributed by atoms with Gasteiger partial charge in [0, 0.05) is 18.5 Å². The van der Waals surface area contributed by atoms with E-state index in [4.69, 9.17) is 0 Å². The molecule has 0 aromatic carbocycles. The molecule has 30 heavy (non-hydrogen) atoms. The number of nitrogens with one attached hydrogen (secondary N) is 3. The van der Waals surface area contributed by atoms with Crippen LogP contribution >= 0.6 is 0 Å². The fourth-order valence-electron chi connectivity index (χ4n) is 4.54. The van der Waals surface area contributed by atoms with E-state index >= 15 is 0 Å². The van der Waals surface area contributed by atoms with Gasteiger partial charge >= 0.3 is 12.1 Å². The van der Waals surface area contributed by atoms with Crippen LogP contribution in [0.5, 0.6) is 0 Å². The minimum Gasteiger partial charge on any atom is -0.396 e. The molecule has 5 atom stereocenters. The number of hydrogen-bond donors (Lipinski definition) is 4. The number of carbonyl (C=O) groups is 3. The predicted octanol–water partition coefficient (Wildman–Crippen LogP) is -0.0294. The predicted molar refractivity (Wildman–Crippen MR) is 99.7 cm³/mol. The maximum absolute atomic E-state index is 13.3. The van der Waals surface area contributed by atoms with Crippen LogP contribution in [0.15, 0.2) is 0 Å². The van der Waals surface area contributed by atoms with Gasteiger partial charge in [-0.25, -0.2) is 0 Å². The van der Waals surface area contributed by atoms with Gasteiger partial charge in [-0.15, -0.1) is 0 Å². The zero-order valence-corrected chi connectivity index (χ0v) is 17.5. The van der Waals surface area contributed by atoms with Crippen molar-refractivity contribution in [2.75, 3.05) is 19.7 Å². The van der Waals surface area contributed by atoms with Crippen molar-refractivity contribution in [3.05, 3.63) is 0 Å². The number of fused-ring (bicyclic) bond motifs is 1. The van der Waals surface area contributed by atoms with Crippen LogP contribution in [0.3, 0.4) is 0 Å². The van der Waals surface area contributed by atoms with Crippen LogP contribution in [0.1, 0.15) is 34.1 Å². The van der Waals surface area contributed by atoms with Gasteiger partial charge in [0.25, 0.3) is 0 Å². The molecule has 0 aromatic rings. The third kappa shape index (κ3) is 3.89. The molecular weight excluding hydrogens is 405 g/mol. The Kier molecular flexibility index (Phi) is 5.60. The van der Waals surface area contributed by atoms with Crippen molar-refractivity contribution in [1.29, 1.82) is 0 Å². The molecule has 3 rings (SSSR count). The van der Waals surface area contributed by atoms with E-state index in [-0.39, 0.29) is 35.9 Å². The molecule has 11 heteroatoms. The summed E-state index contributed by atoms with van der Waals surface area (Å²) in [6.07, 6.45) is -4.61. The lowest BCUT2D eigenvalue weighted by Crippen LogP contribution is -2.63. The van der Waals surface area contributed by atoms with Crippen LogP contribution in [0.4, 0.5) is 13.2 Å². The number of alkyl halides is 3. The topological polar surface area (TPSA) is 111 Å². The molecule has 4 N–H and O–H groups in total. The number of carbonyl (C=O) groups excluding carboxylic acids is 3. The zero-order valence-electron chi connectivity index (χ0n) is 17.5. The van der Waals surface area contributed by atoms with Gasteiger partial charge in [0.15, 0.2) is 0 Å². The summed E-state index contributed by atoms with van der Waals surface area (Å²) < 4.78 is 38.5. The van der Waals surface area contributed by atoms with Crippen molar-refractivity contribution in [1.82, 2.24) is 20.9 Å². The molecule has 0 aromatic heterocycles. The summed E-state index contributed by atoms with van der Waals surface area (Å²) >= 11 is 0. The molecule has 3 aliphatic rings. The van der Waals surface area contributed by atoms with Crippen LogP contribution in [0.2, 0.25) is 0 Å². The largest absolute Gasteiger partial charge is 0.471 e. The average Bonchev–Trinajstić information content (AvgIpc) is 2.95. The van der Waals surface area contributed by atoms with Gasteiger partial charge in [-0.1, -0.05) is 27.7 Å². The maximum Gasteiger partial charge on any atom is 0.471 e. The van der Waals surface area contributed by atoms with E-state index in [1.165, 1.54) is 18.7 Å². The van der Waals surface area contributed by atoms with Crippen molar-refractivity contribution in [3.63, 3.8) is 0 Å². The Morgan fingerprint density at radius 3 is 2.33 bits per heavy atom. The maximum atomic E-state index is 13.3. The fourth-order valence-corrected chi connectivity index (χ4v) is 4.54. The molecule has 3 fully saturated rings. The molecule has 0 spiro atoms. The minimum atomic E-state index is -5.17. The SMILES string of the molecule is CC(C)(CO)[C@H](NC(=O)C(F)(F)F)C(=O)N1C[C@H]2[C@@H]([C@H]1C(=O)NC1CCN1)C2(C)C. The number of aliphatic hydroxyl groups excluding tert-OH is 1. The molecule has 170 valence electrons. The van der Waals surface area contributed by atoms with Crippen LogP contribution in [0, 0.1) is 22.7 Å². The highest BCUT2D eigenvalue weighted by Crippen LogP contribution is 2.65. The first-order valence-electron chi connectivity index (χ1n) is 10.0. The number of piperidine rings is 1. The monoisotopic (exact) mass is 434 g/mol. The van der Waals surface area contributed by atoms with Crippen molar-refractivity contribution < 1.29 is 32.7 Å². The van der Waals surface area contributed by atoms with E-state index in [0.29, 0.717) is 0 Å². The molecule has 1 unspecified atom stereocenters.